The summed E-state index contributed by atoms with van der Waals surface area (Å²) in [5, 5.41) is 6.75. The summed E-state index contributed by atoms with van der Waals surface area (Å²) in [5.74, 6) is -0.902. The molecular weight excluding hydrogens is 357 g/mol. The van der Waals surface area contributed by atoms with Crippen molar-refractivity contribution in [3.8, 4) is 5.69 Å². The maximum absolute atomic E-state index is 13.3. The van der Waals surface area contributed by atoms with Gasteiger partial charge in [0.25, 0.3) is 5.91 Å². The van der Waals surface area contributed by atoms with Gasteiger partial charge in [-0.05, 0) is 48.9 Å². The van der Waals surface area contributed by atoms with Crippen molar-refractivity contribution in [1.82, 2.24) is 9.78 Å². The first kappa shape index (κ1) is 17.8. The van der Waals surface area contributed by atoms with E-state index in [2.05, 4.69) is 10.4 Å². The number of rotatable bonds is 4. The van der Waals surface area contributed by atoms with E-state index in [1.54, 1.807) is 37.4 Å². The normalized spacial score (nSPS) is 11.3. The van der Waals surface area contributed by atoms with Crippen LogP contribution in [0.2, 0.25) is 0 Å². The van der Waals surface area contributed by atoms with Crippen molar-refractivity contribution >= 4 is 21.4 Å². The zero-order valence-electron chi connectivity index (χ0n) is 14.1. The quantitative estimate of drug-likeness (QED) is 0.762. The average molecular weight is 373 g/mol. The Bertz CT molecular complexity index is 1090. The van der Waals surface area contributed by atoms with E-state index in [0.29, 0.717) is 16.9 Å². The number of aromatic nitrogens is 2. The third kappa shape index (κ3) is 3.80. The number of aryl methyl sites for hydroxylation is 1. The Kier molecular flexibility index (Phi) is 4.60. The minimum atomic E-state index is -3.40. The standard InChI is InChI=1S/C18H16FN3O3S/c1-12-6-7-14(11-17(12)26(2,24)25)20-18(23)16-8-9-22(21-16)15-5-3-4-13(19)10-15/h3-11H,1-2H3,(H,20,23). The van der Waals surface area contributed by atoms with Gasteiger partial charge in [0.05, 0.1) is 10.6 Å². The smallest absolute Gasteiger partial charge is 0.276 e. The summed E-state index contributed by atoms with van der Waals surface area (Å²) in [6, 6.07) is 12.0. The van der Waals surface area contributed by atoms with Gasteiger partial charge in [-0.15, -0.1) is 0 Å². The van der Waals surface area contributed by atoms with E-state index in [4.69, 9.17) is 0 Å². The third-order valence-corrected chi connectivity index (χ3v) is 4.98. The van der Waals surface area contributed by atoms with Gasteiger partial charge in [-0.25, -0.2) is 17.5 Å². The van der Waals surface area contributed by atoms with Crippen molar-refractivity contribution in [1.29, 1.82) is 0 Å². The molecule has 1 N–H and O–H groups in total. The van der Waals surface area contributed by atoms with Gasteiger partial charge in [0.15, 0.2) is 15.5 Å². The van der Waals surface area contributed by atoms with E-state index in [1.807, 2.05) is 0 Å². The number of hydrogen-bond donors (Lipinski definition) is 1. The number of benzene rings is 2. The van der Waals surface area contributed by atoms with Crippen molar-refractivity contribution in [3.05, 3.63) is 71.8 Å². The molecule has 0 unspecified atom stereocenters. The Morgan fingerprint density at radius 3 is 2.62 bits per heavy atom. The summed E-state index contributed by atoms with van der Waals surface area (Å²) in [5.41, 5.74) is 1.55. The lowest BCUT2D eigenvalue weighted by atomic mass is 10.2. The fraction of sp³-hybridized carbons (Fsp3) is 0.111. The number of halogens is 1. The molecule has 2 aromatic carbocycles. The molecule has 0 saturated carbocycles. The Balaban J connectivity index is 1.83. The average Bonchev–Trinajstić information content (AvgIpc) is 3.06. The van der Waals surface area contributed by atoms with Crippen LogP contribution in [0.5, 0.6) is 0 Å². The second-order valence-corrected chi connectivity index (χ2v) is 7.82. The molecule has 3 aromatic rings. The highest BCUT2D eigenvalue weighted by molar-refractivity contribution is 7.90. The van der Waals surface area contributed by atoms with Crippen LogP contribution in [0.25, 0.3) is 5.69 Å². The number of amides is 1. The zero-order chi connectivity index (χ0) is 18.9. The minimum absolute atomic E-state index is 0.121. The molecule has 0 spiro atoms. The first-order chi connectivity index (χ1) is 12.2. The van der Waals surface area contributed by atoms with Crippen molar-refractivity contribution in [2.45, 2.75) is 11.8 Å². The Morgan fingerprint density at radius 1 is 1.15 bits per heavy atom. The number of carbonyl (C=O) groups excluding carboxylic acids is 1. The molecule has 0 aliphatic heterocycles. The van der Waals surface area contributed by atoms with E-state index in [1.165, 1.54) is 28.9 Å². The number of anilines is 1. The molecule has 26 heavy (non-hydrogen) atoms. The van der Waals surface area contributed by atoms with Crippen LogP contribution in [0.15, 0.2) is 59.6 Å². The fourth-order valence-electron chi connectivity index (χ4n) is 2.48. The molecule has 0 atom stereocenters. The van der Waals surface area contributed by atoms with Gasteiger partial charge in [-0.2, -0.15) is 5.10 Å². The molecular formula is C18H16FN3O3S. The minimum Gasteiger partial charge on any atom is -0.321 e. The van der Waals surface area contributed by atoms with Crippen molar-refractivity contribution in [3.63, 3.8) is 0 Å². The largest absolute Gasteiger partial charge is 0.321 e. The molecule has 134 valence electrons. The van der Waals surface area contributed by atoms with Crippen LogP contribution in [-0.4, -0.2) is 30.4 Å². The predicted octanol–water partition coefficient (Wildman–Crippen LogP) is 2.98. The number of nitrogens with one attached hydrogen (secondary N) is 1. The molecule has 1 aromatic heterocycles. The van der Waals surface area contributed by atoms with Crippen LogP contribution in [0.4, 0.5) is 10.1 Å². The van der Waals surface area contributed by atoms with Crippen LogP contribution >= 0.6 is 0 Å². The second kappa shape index (κ2) is 6.72. The first-order valence-corrected chi connectivity index (χ1v) is 9.57. The van der Waals surface area contributed by atoms with E-state index >= 15 is 0 Å². The summed E-state index contributed by atoms with van der Waals surface area (Å²) >= 11 is 0. The lowest BCUT2D eigenvalue weighted by Gasteiger charge is -2.08. The SMILES string of the molecule is Cc1ccc(NC(=O)c2ccn(-c3cccc(F)c3)n2)cc1S(C)(=O)=O. The molecule has 3 rings (SSSR count). The highest BCUT2D eigenvalue weighted by atomic mass is 32.2. The van der Waals surface area contributed by atoms with Crippen LogP contribution < -0.4 is 5.32 Å². The number of hydrogen-bond acceptors (Lipinski definition) is 4. The van der Waals surface area contributed by atoms with E-state index in [9.17, 15) is 17.6 Å². The maximum Gasteiger partial charge on any atom is 0.276 e. The molecule has 0 fully saturated rings. The van der Waals surface area contributed by atoms with Crippen LogP contribution in [0, 0.1) is 12.7 Å². The summed E-state index contributed by atoms with van der Waals surface area (Å²) in [6.45, 7) is 1.68. The Labute approximate surface area is 150 Å². The summed E-state index contributed by atoms with van der Waals surface area (Å²) in [7, 11) is -3.40. The number of carbonyl (C=O) groups is 1. The molecule has 6 nitrogen and oxygen atoms in total. The van der Waals surface area contributed by atoms with Crippen LogP contribution in [0.3, 0.4) is 0 Å². The highest BCUT2D eigenvalue weighted by Gasteiger charge is 2.15. The van der Waals surface area contributed by atoms with Gasteiger partial charge < -0.3 is 5.32 Å². The van der Waals surface area contributed by atoms with Crippen molar-refractivity contribution in [2.75, 3.05) is 11.6 Å². The van der Waals surface area contributed by atoms with Crippen molar-refractivity contribution in [2.24, 2.45) is 0 Å². The summed E-state index contributed by atoms with van der Waals surface area (Å²) in [6.07, 6.45) is 2.66. The molecule has 0 radical (unpaired) electrons. The molecule has 1 amide bonds. The fourth-order valence-corrected chi connectivity index (χ4v) is 3.47. The van der Waals surface area contributed by atoms with Crippen molar-refractivity contribution < 1.29 is 17.6 Å². The predicted molar refractivity (Wildman–Crippen MR) is 95.8 cm³/mol. The summed E-state index contributed by atoms with van der Waals surface area (Å²) in [4.78, 5) is 12.5. The lowest BCUT2D eigenvalue weighted by Crippen LogP contribution is -2.14. The van der Waals surface area contributed by atoms with Gasteiger partial charge >= 0.3 is 0 Å². The Hall–Kier alpha value is -3.00. The second-order valence-electron chi connectivity index (χ2n) is 5.83. The topological polar surface area (TPSA) is 81.1 Å². The summed E-state index contributed by atoms with van der Waals surface area (Å²) < 4.78 is 38.3. The van der Waals surface area contributed by atoms with Gasteiger partial charge in [0.1, 0.15) is 5.82 Å². The van der Waals surface area contributed by atoms with Gasteiger partial charge in [-0.1, -0.05) is 12.1 Å². The molecule has 0 aliphatic rings. The van der Waals surface area contributed by atoms with Gasteiger partial charge in [0.2, 0.25) is 0 Å². The lowest BCUT2D eigenvalue weighted by molar-refractivity contribution is 0.102. The number of nitrogens with zero attached hydrogens (tertiary/aromatic N) is 2. The maximum atomic E-state index is 13.3. The van der Waals surface area contributed by atoms with E-state index in [0.717, 1.165) is 6.26 Å². The van der Waals surface area contributed by atoms with Crippen LogP contribution in [0.1, 0.15) is 16.1 Å². The van der Waals surface area contributed by atoms with E-state index < -0.39 is 21.6 Å². The monoisotopic (exact) mass is 373 g/mol. The molecule has 8 heteroatoms. The number of sulfone groups is 1. The van der Waals surface area contributed by atoms with Crippen LogP contribution in [-0.2, 0) is 9.84 Å². The first-order valence-electron chi connectivity index (χ1n) is 7.68. The zero-order valence-corrected chi connectivity index (χ0v) is 14.9. The van der Waals surface area contributed by atoms with E-state index in [-0.39, 0.29) is 10.6 Å². The molecule has 0 saturated heterocycles. The highest BCUT2D eigenvalue weighted by Crippen LogP contribution is 2.20. The molecule has 1 heterocycles. The third-order valence-electron chi connectivity index (χ3n) is 3.74. The van der Waals surface area contributed by atoms with Gasteiger partial charge in [-0.3, -0.25) is 4.79 Å². The molecule has 0 aliphatic carbocycles. The Morgan fingerprint density at radius 2 is 1.92 bits per heavy atom. The van der Waals surface area contributed by atoms with Gasteiger partial charge in [0, 0.05) is 18.1 Å². The molecule has 0 bridgehead atoms.